The zero-order valence-corrected chi connectivity index (χ0v) is 10.1. The van der Waals surface area contributed by atoms with Crippen LogP contribution in [-0.4, -0.2) is 18.2 Å². The van der Waals surface area contributed by atoms with Crippen molar-refractivity contribution in [2.75, 3.05) is 6.61 Å². The number of hydrogen-bond donors (Lipinski definition) is 1. The third-order valence-corrected chi connectivity index (χ3v) is 3.25. The normalized spacial score (nSPS) is 28.6. The van der Waals surface area contributed by atoms with Gasteiger partial charge in [0, 0.05) is 26.0 Å². The lowest BCUT2D eigenvalue weighted by Gasteiger charge is -2.35. The molecule has 0 bridgehead atoms. The molecule has 1 aromatic carbocycles. The van der Waals surface area contributed by atoms with Gasteiger partial charge < -0.3 is 4.74 Å². The standard InChI is InChI=1S/C14H18N2O/c1-12-9-14(11-15,7-8-17-12)16-10-13-5-3-2-4-6-13/h2-6,12,16H,7-10H2,1H3. The summed E-state index contributed by atoms with van der Waals surface area (Å²) in [6.45, 7) is 3.42. The third-order valence-electron chi connectivity index (χ3n) is 3.25. The van der Waals surface area contributed by atoms with Crippen molar-refractivity contribution in [2.45, 2.75) is 38.0 Å². The quantitative estimate of drug-likeness (QED) is 0.866. The Morgan fingerprint density at radius 1 is 1.47 bits per heavy atom. The third kappa shape index (κ3) is 3.06. The Balaban J connectivity index is 1.98. The van der Waals surface area contributed by atoms with Crippen molar-refractivity contribution in [3.05, 3.63) is 35.9 Å². The predicted octanol–water partition coefficient (Wildman–Crippen LogP) is 2.24. The second-order valence-corrected chi connectivity index (χ2v) is 4.67. The van der Waals surface area contributed by atoms with Gasteiger partial charge in [0.1, 0.15) is 5.54 Å². The highest BCUT2D eigenvalue weighted by molar-refractivity contribution is 5.17. The van der Waals surface area contributed by atoms with Crippen molar-refractivity contribution >= 4 is 0 Å². The number of rotatable bonds is 3. The molecular formula is C14H18N2O. The van der Waals surface area contributed by atoms with Crippen LogP contribution in [0, 0.1) is 11.3 Å². The van der Waals surface area contributed by atoms with Gasteiger partial charge in [0.25, 0.3) is 0 Å². The van der Waals surface area contributed by atoms with Gasteiger partial charge in [0.05, 0.1) is 12.2 Å². The SMILES string of the molecule is CC1CC(C#N)(NCc2ccccc2)CCO1. The summed E-state index contributed by atoms with van der Waals surface area (Å²) in [6.07, 6.45) is 1.68. The highest BCUT2D eigenvalue weighted by atomic mass is 16.5. The molecule has 90 valence electrons. The largest absolute Gasteiger partial charge is 0.378 e. The van der Waals surface area contributed by atoms with E-state index in [1.54, 1.807) is 0 Å². The van der Waals surface area contributed by atoms with Crippen LogP contribution in [0.3, 0.4) is 0 Å². The molecule has 0 spiro atoms. The molecule has 2 atom stereocenters. The Hall–Kier alpha value is -1.37. The molecule has 1 fully saturated rings. The van der Waals surface area contributed by atoms with E-state index in [9.17, 15) is 5.26 Å². The minimum absolute atomic E-state index is 0.159. The molecule has 2 rings (SSSR count). The van der Waals surface area contributed by atoms with Crippen LogP contribution in [0.5, 0.6) is 0 Å². The molecule has 0 saturated carbocycles. The van der Waals surface area contributed by atoms with Crippen LogP contribution >= 0.6 is 0 Å². The smallest absolute Gasteiger partial charge is 0.111 e. The van der Waals surface area contributed by atoms with E-state index in [0.29, 0.717) is 6.61 Å². The molecule has 1 heterocycles. The maximum atomic E-state index is 9.37. The first-order chi connectivity index (χ1) is 8.24. The Labute approximate surface area is 102 Å². The van der Waals surface area contributed by atoms with Gasteiger partial charge in [-0.15, -0.1) is 0 Å². The Morgan fingerprint density at radius 2 is 2.24 bits per heavy atom. The van der Waals surface area contributed by atoms with Gasteiger partial charge in [-0.05, 0) is 12.5 Å². The van der Waals surface area contributed by atoms with E-state index >= 15 is 0 Å². The maximum Gasteiger partial charge on any atom is 0.111 e. The summed E-state index contributed by atoms with van der Waals surface area (Å²) in [4.78, 5) is 0. The van der Waals surface area contributed by atoms with Gasteiger partial charge in [-0.3, -0.25) is 5.32 Å². The van der Waals surface area contributed by atoms with Crippen LogP contribution in [0.4, 0.5) is 0 Å². The summed E-state index contributed by atoms with van der Waals surface area (Å²) < 4.78 is 5.50. The lowest BCUT2D eigenvalue weighted by Crippen LogP contribution is -2.49. The van der Waals surface area contributed by atoms with Gasteiger partial charge in [0.15, 0.2) is 0 Å². The number of benzene rings is 1. The first-order valence-corrected chi connectivity index (χ1v) is 6.06. The lowest BCUT2D eigenvalue weighted by molar-refractivity contribution is -0.00365. The molecule has 1 saturated heterocycles. The molecule has 17 heavy (non-hydrogen) atoms. The van der Waals surface area contributed by atoms with Crippen LogP contribution < -0.4 is 5.32 Å². The summed E-state index contributed by atoms with van der Waals surface area (Å²) in [6, 6.07) is 12.6. The Morgan fingerprint density at radius 3 is 2.88 bits per heavy atom. The van der Waals surface area contributed by atoms with Crippen LogP contribution in [0.15, 0.2) is 30.3 Å². The fourth-order valence-corrected chi connectivity index (χ4v) is 2.25. The van der Waals surface area contributed by atoms with Crippen LogP contribution in [0.1, 0.15) is 25.3 Å². The molecule has 0 aromatic heterocycles. The lowest BCUT2D eigenvalue weighted by atomic mass is 9.88. The summed E-state index contributed by atoms with van der Waals surface area (Å²) in [5, 5.41) is 12.8. The highest BCUT2D eigenvalue weighted by Gasteiger charge is 2.35. The highest BCUT2D eigenvalue weighted by Crippen LogP contribution is 2.24. The van der Waals surface area contributed by atoms with E-state index in [4.69, 9.17) is 4.74 Å². The second-order valence-electron chi connectivity index (χ2n) is 4.67. The van der Waals surface area contributed by atoms with E-state index in [-0.39, 0.29) is 6.10 Å². The molecule has 1 aliphatic heterocycles. The first kappa shape index (κ1) is 12.1. The van der Waals surface area contributed by atoms with Crippen molar-refractivity contribution in [1.82, 2.24) is 5.32 Å². The summed E-state index contributed by atoms with van der Waals surface area (Å²) >= 11 is 0. The van der Waals surface area contributed by atoms with Crippen LogP contribution in [0.2, 0.25) is 0 Å². The van der Waals surface area contributed by atoms with Crippen molar-refractivity contribution in [3.8, 4) is 6.07 Å². The average molecular weight is 230 g/mol. The fourth-order valence-electron chi connectivity index (χ4n) is 2.25. The number of nitrogens with zero attached hydrogens (tertiary/aromatic N) is 1. The van der Waals surface area contributed by atoms with Gasteiger partial charge in [-0.1, -0.05) is 30.3 Å². The molecule has 3 nitrogen and oxygen atoms in total. The maximum absolute atomic E-state index is 9.37. The zero-order chi connectivity index (χ0) is 12.1. The van der Waals surface area contributed by atoms with Crippen molar-refractivity contribution in [2.24, 2.45) is 0 Å². The van der Waals surface area contributed by atoms with Crippen molar-refractivity contribution in [1.29, 1.82) is 5.26 Å². The van der Waals surface area contributed by atoms with Crippen LogP contribution in [-0.2, 0) is 11.3 Å². The molecule has 1 N–H and O–H groups in total. The van der Waals surface area contributed by atoms with E-state index in [2.05, 4.69) is 23.5 Å². The van der Waals surface area contributed by atoms with E-state index in [1.807, 2.05) is 25.1 Å². The molecule has 1 aliphatic rings. The van der Waals surface area contributed by atoms with Gasteiger partial charge >= 0.3 is 0 Å². The number of ether oxygens (including phenoxy) is 1. The topological polar surface area (TPSA) is 45.0 Å². The number of nitriles is 1. The molecule has 2 unspecified atom stereocenters. The number of hydrogen-bond acceptors (Lipinski definition) is 3. The molecule has 0 amide bonds. The molecule has 0 radical (unpaired) electrons. The summed E-state index contributed by atoms with van der Waals surface area (Å²) in [5.74, 6) is 0. The Kier molecular flexibility index (Phi) is 3.78. The van der Waals surface area contributed by atoms with Gasteiger partial charge in [0.2, 0.25) is 0 Å². The fraction of sp³-hybridized carbons (Fsp3) is 0.500. The molecular weight excluding hydrogens is 212 g/mol. The van der Waals surface area contributed by atoms with Crippen LogP contribution in [0.25, 0.3) is 0 Å². The molecule has 0 aliphatic carbocycles. The van der Waals surface area contributed by atoms with Gasteiger partial charge in [-0.25, -0.2) is 0 Å². The second kappa shape index (κ2) is 5.31. The van der Waals surface area contributed by atoms with E-state index in [0.717, 1.165) is 19.4 Å². The van der Waals surface area contributed by atoms with E-state index < -0.39 is 5.54 Å². The minimum atomic E-state index is -0.423. The summed E-state index contributed by atoms with van der Waals surface area (Å²) in [7, 11) is 0. The monoisotopic (exact) mass is 230 g/mol. The molecule has 1 aromatic rings. The first-order valence-electron chi connectivity index (χ1n) is 6.06. The van der Waals surface area contributed by atoms with Gasteiger partial charge in [-0.2, -0.15) is 5.26 Å². The summed E-state index contributed by atoms with van der Waals surface area (Å²) in [5.41, 5.74) is 0.786. The molecule has 3 heteroatoms. The minimum Gasteiger partial charge on any atom is -0.378 e. The van der Waals surface area contributed by atoms with Crippen molar-refractivity contribution in [3.63, 3.8) is 0 Å². The number of nitrogens with one attached hydrogen (secondary N) is 1. The average Bonchev–Trinajstić information content (AvgIpc) is 2.38. The Bertz CT molecular complexity index is 398. The van der Waals surface area contributed by atoms with Crippen molar-refractivity contribution < 1.29 is 4.74 Å². The zero-order valence-electron chi connectivity index (χ0n) is 10.1. The predicted molar refractivity (Wildman–Crippen MR) is 66.3 cm³/mol. The van der Waals surface area contributed by atoms with E-state index in [1.165, 1.54) is 5.56 Å².